The van der Waals surface area contributed by atoms with E-state index in [-0.39, 0.29) is 11.5 Å². The monoisotopic (exact) mass is 416 g/mol. The highest BCUT2D eigenvalue weighted by Crippen LogP contribution is 2.36. The summed E-state index contributed by atoms with van der Waals surface area (Å²) >= 11 is 7.35. The van der Waals surface area contributed by atoms with E-state index in [0.717, 1.165) is 5.56 Å². The second kappa shape index (κ2) is 8.69. The quantitative estimate of drug-likeness (QED) is 0.453. The number of nitrogens with zero attached hydrogens (tertiary/aromatic N) is 3. The largest absolute Gasteiger partial charge is 0.495 e. The number of hydrogen-bond acceptors (Lipinski definition) is 7. The van der Waals surface area contributed by atoms with Crippen molar-refractivity contribution in [1.29, 1.82) is 5.26 Å². The number of anilines is 1. The molecule has 9 heteroatoms. The van der Waals surface area contributed by atoms with E-state index in [9.17, 15) is 9.65 Å². The molecule has 1 heterocycles. The standard InChI is InChI=1S/C19H14ClFN4O2S/c1-26-17-8-14(18(27-2)7-13(17)20)24-25-15(9-22)19-23-16(10-28-19)11-3-5-12(21)6-4-11/h3-8,10,24H,1-2H3. The Bertz CT molecular complexity index is 1060. The summed E-state index contributed by atoms with van der Waals surface area (Å²) in [7, 11) is 2.99. The van der Waals surface area contributed by atoms with Crippen LogP contribution in [0.5, 0.6) is 11.5 Å². The molecule has 28 heavy (non-hydrogen) atoms. The number of hydrogen-bond donors (Lipinski definition) is 1. The minimum absolute atomic E-state index is 0.0920. The lowest BCUT2D eigenvalue weighted by molar-refractivity contribution is 0.405. The van der Waals surface area contributed by atoms with Crippen molar-refractivity contribution in [3.63, 3.8) is 0 Å². The third-order valence-corrected chi connectivity index (χ3v) is 4.86. The molecular formula is C19H14ClFN4O2S. The van der Waals surface area contributed by atoms with Crippen LogP contribution in [0, 0.1) is 17.1 Å². The molecule has 0 amide bonds. The highest BCUT2D eigenvalue weighted by Gasteiger charge is 2.13. The summed E-state index contributed by atoms with van der Waals surface area (Å²) in [5.41, 5.74) is 4.74. The molecule has 0 saturated carbocycles. The third kappa shape index (κ3) is 4.22. The molecule has 0 saturated heterocycles. The number of thiazole rings is 1. The molecule has 3 aromatic rings. The number of methoxy groups -OCH3 is 2. The van der Waals surface area contributed by atoms with Crippen LogP contribution in [0.4, 0.5) is 10.1 Å². The number of ether oxygens (including phenoxy) is 2. The van der Waals surface area contributed by atoms with Gasteiger partial charge < -0.3 is 9.47 Å². The Labute approximate surface area is 169 Å². The van der Waals surface area contributed by atoms with Gasteiger partial charge in [-0.2, -0.15) is 10.4 Å². The van der Waals surface area contributed by atoms with Crippen LogP contribution in [0.3, 0.4) is 0 Å². The van der Waals surface area contributed by atoms with E-state index in [1.54, 1.807) is 29.6 Å². The predicted octanol–water partition coefficient (Wildman–Crippen LogP) is 4.96. The first kappa shape index (κ1) is 19.6. The van der Waals surface area contributed by atoms with Gasteiger partial charge in [0.05, 0.1) is 24.9 Å². The molecule has 0 aliphatic rings. The zero-order valence-electron chi connectivity index (χ0n) is 14.9. The Morgan fingerprint density at radius 2 is 1.93 bits per heavy atom. The van der Waals surface area contributed by atoms with E-state index in [0.29, 0.717) is 32.9 Å². The van der Waals surface area contributed by atoms with Crippen molar-refractivity contribution in [2.45, 2.75) is 0 Å². The molecule has 0 radical (unpaired) electrons. The number of nitrogens with one attached hydrogen (secondary N) is 1. The smallest absolute Gasteiger partial charge is 0.196 e. The Balaban J connectivity index is 1.88. The molecule has 6 nitrogen and oxygen atoms in total. The van der Waals surface area contributed by atoms with Gasteiger partial charge in [0.15, 0.2) is 10.7 Å². The van der Waals surface area contributed by atoms with E-state index in [4.69, 9.17) is 21.1 Å². The fraction of sp³-hybridized carbons (Fsp3) is 0.105. The number of hydrazone groups is 1. The molecule has 0 bridgehead atoms. The van der Waals surface area contributed by atoms with Gasteiger partial charge in [-0.25, -0.2) is 9.37 Å². The SMILES string of the molecule is COc1cc(NN=C(C#N)c2nc(-c3ccc(F)cc3)cs2)c(OC)cc1Cl. The van der Waals surface area contributed by atoms with Crippen molar-refractivity contribution in [2.75, 3.05) is 19.6 Å². The van der Waals surface area contributed by atoms with Gasteiger partial charge in [-0.1, -0.05) is 11.6 Å². The van der Waals surface area contributed by atoms with Crippen LogP contribution in [0.25, 0.3) is 11.3 Å². The van der Waals surface area contributed by atoms with Crippen molar-refractivity contribution >= 4 is 34.3 Å². The highest BCUT2D eigenvalue weighted by atomic mass is 35.5. The Kier molecular flexibility index (Phi) is 6.09. The maximum Gasteiger partial charge on any atom is 0.196 e. The fourth-order valence-electron chi connectivity index (χ4n) is 2.32. The first-order valence-electron chi connectivity index (χ1n) is 7.93. The third-order valence-electron chi connectivity index (χ3n) is 3.71. The van der Waals surface area contributed by atoms with Crippen LogP contribution in [0.2, 0.25) is 5.02 Å². The maximum absolute atomic E-state index is 13.1. The normalized spacial score (nSPS) is 11.0. The molecule has 0 aliphatic carbocycles. The van der Waals surface area contributed by atoms with Crippen molar-refractivity contribution in [3.05, 3.63) is 57.6 Å². The van der Waals surface area contributed by atoms with Gasteiger partial charge in [0.2, 0.25) is 0 Å². The molecule has 0 fully saturated rings. The highest BCUT2D eigenvalue weighted by molar-refractivity contribution is 7.12. The summed E-state index contributed by atoms with van der Waals surface area (Å²) in [5, 5.41) is 16.2. The number of rotatable bonds is 6. The zero-order chi connectivity index (χ0) is 20.1. The maximum atomic E-state index is 13.1. The summed E-state index contributed by atoms with van der Waals surface area (Å²) in [6, 6.07) is 11.2. The summed E-state index contributed by atoms with van der Waals surface area (Å²) in [6.45, 7) is 0. The van der Waals surface area contributed by atoms with Gasteiger partial charge in [0.1, 0.15) is 29.1 Å². The Morgan fingerprint density at radius 1 is 1.21 bits per heavy atom. The van der Waals surface area contributed by atoms with E-state index in [1.165, 1.54) is 37.7 Å². The minimum atomic E-state index is -0.324. The first-order chi connectivity index (χ1) is 13.5. The zero-order valence-corrected chi connectivity index (χ0v) is 16.4. The number of halogens is 2. The molecule has 0 atom stereocenters. The van der Waals surface area contributed by atoms with Crippen molar-refractivity contribution in [3.8, 4) is 28.8 Å². The second-order valence-corrected chi connectivity index (χ2v) is 6.68. The summed E-state index contributed by atoms with van der Waals surface area (Å²) in [4.78, 5) is 4.41. The molecule has 1 aromatic heterocycles. The molecule has 3 rings (SSSR count). The van der Waals surface area contributed by atoms with Crippen molar-refractivity contribution in [1.82, 2.24) is 4.98 Å². The van der Waals surface area contributed by atoms with Gasteiger partial charge in [-0.3, -0.25) is 5.43 Å². The molecular weight excluding hydrogens is 403 g/mol. The Hall–Kier alpha value is -3.15. The predicted molar refractivity (Wildman–Crippen MR) is 108 cm³/mol. The molecule has 0 aliphatic heterocycles. The van der Waals surface area contributed by atoms with Crippen LogP contribution in [0.1, 0.15) is 5.01 Å². The number of aromatic nitrogens is 1. The topological polar surface area (TPSA) is 79.5 Å². The number of benzene rings is 2. The van der Waals surface area contributed by atoms with Gasteiger partial charge >= 0.3 is 0 Å². The van der Waals surface area contributed by atoms with Gasteiger partial charge in [0, 0.05) is 23.1 Å². The van der Waals surface area contributed by atoms with E-state index in [1.807, 2.05) is 6.07 Å². The average Bonchev–Trinajstić information content (AvgIpc) is 3.19. The van der Waals surface area contributed by atoms with Crippen LogP contribution in [-0.2, 0) is 0 Å². The van der Waals surface area contributed by atoms with Gasteiger partial charge in [0.25, 0.3) is 0 Å². The van der Waals surface area contributed by atoms with E-state index >= 15 is 0 Å². The van der Waals surface area contributed by atoms with Crippen LogP contribution in [-0.4, -0.2) is 24.9 Å². The summed E-state index contributed by atoms with van der Waals surface area (Å²) in [5.74, 6) is 0.555. The van der Waals surface area contributed by atoms with E-state index < -0.39 is 0 Å². The second-order valence-electron chi connectivity index (χ2n) is 5.42. The Morgan fingerprint density at radius 3 is 2.57 bits per heavy atom. The van der Waals surface area contributed by atoms with Crippen molar-refractivity contribution < 1.29 is 13.9 Å². The van der Waals surface area contributed by atoms with Crippen molar-refractivity contribution in [2.24, 2.45) is 5.10 Å². The van der Waals surface area contributed by atoms with Gasteiger partial charge in [-0.15, -0.1) is 11.3 Å². The lowest BCUT2D eigenvalue weighted by atomic mass is 10.2. The minimum Gasteiger partial charge on any atom is -0.495 e. The summed E-state index contributed by atoms with van der Waals surface area (Å²) < 4.78 is 23.5. The molecule has 142 valence electrons. The molecule has 0 spiro atoms. The van der Waals surface area contributed by atoms with Crippen LogP contribution >= 0.6 is 22.9 Å². The lowest BCUT2D eigenvalue weighted by Crippen LogP contribution is -2.03. The van der Waals surface area contributed by atoms with E-state index in [2.05, 4.69) is 15.5 Å². The van der Waals surface area contributed by atoms with Crippen LogP contribution < -0.4 is 14.9 Å². The average molecular weight is 417 g/mol. The molecule has 1 N–H and O–H groups in total. The summed E-state index contributed by atoms with van der Waals surface area (Å²) in [6.07, 6.45) is 0. The fourth-order valence-corrected chi connectivity index (χ4v) is 3.32. The molecule has 2 aromatic carbocycles. The number of nitriles is 1. The molecule has 0 unspecified atom stereocenters. The van der Waals surface area contributed by atoms with Crippen LogP contribution in [0.15, 0.2) is 46.9 Å². The van der Waals surface area contributed by atoms with Gasteiger partial charge in [-0.05, 0) is 24.3 Å². The lowest BCUT2D eigenvalue weighted by Gasteiger charge is -2.11. The first-order valence-corrected chi connectivity index (χ1v) is 9.18.